The number of carbonyl (C=O) groups excluding carboxylic acids is 2. The third-order valence-electron chi connectivity index (χ3n) is 3.72. The molecule has 0 spiro atoms. The predicted molar refractivity (Wildman–Crippen MR) is 106 cm³/mol. The number of nitrogens with one attached hydrogen (secondary N) is 2. The molecule has 0 aliphatic heterocycles. The van der Waals surface area contributed by atoms with E-state index in [4.69, 9.17) is 21.1 Å². The van der Waals surface area contributed by atoms with Crippen molar-refractivity contribution in [1.82, 2.24) is 5.32 Å². The molecule has 0 atom stereocenters. The van der Waals surface area contributed by atoms with Gasteiger partial charge in [0.15, 0.2) is 0 Å². The zero-order valence-corrected chi connectivity index (χ0v) is 16.1. The van der Waals surface area contributed by atoms with Crippen molar-refractivity contribution >= 4 is 29.1 Å². The fraction of sp³-hybridized carbons (Fsp3) is 0.300. The van der Waals surface area contributed by atoms with Crippen molar-refractivity contribution < 1.29 is 19.1 Å². The Hall–Kier alpha value is -2.73. The van der Waals surface area contributed by atoms with E-state index < -0.39 is 0 Å². The molecule has 0 saturated heterocycles. The Kier molecular flexibility index (Phi) is 7.95. The molecule has 2 aromatic rings. The molecule has 2 aromatic carbocycles. The summed E-state index contributed by atoms with van der Waals surface area (Å²) in [5, 5.41) is 5.71. The summed E-state index contributed by atoms with van der Waals surface area (Å²) in [7, 11) is 1.60. The molecule has 0 bridgehead atoms. The van der Waals surface area contributed by atoms with Crippen LogP contribution in [0.15, 0.2) is 42.5 Å². The number of rotatable bonds is 9. The lowest BCUT2D eigenvalue weighted by atomic mass is 10.2. The van der Waals surface area contributed by atoms with Gasteiger partial charge in [-0.15, -0.1) is 0 Å². The highest BCUT2D eigenvalue weighted by molar-refractivity contribution is 6.33. The number of carbonyl (C=O) groups is 2. The quantitative estimate of drug-likeness (QED) is 0.642. The van der Waals surface area contributed by atoms with E-state index in [2.05, 4.69) is 10.6 Å². The molecule has 2 N–H and O–H groups in total. The van der Waals surface area contributed by atoms with Gasteiger partial charge >= 0.3 is 0 Å². The standard InChI is InChI=1S/C20H23ClN2O4/c1-14-5-10-18(17(21)12-14)23-20(25)13-22-19(24)4-3-11-27-16-8-6-15(26-2)7-9-16/h5-10,12H,3-4,11,13H2,1-2H3,(H,22,24)(H,23,25). The lowest BCUT2D eigenvalue weighted by Crippen LogP contribution is -2.32. The number of aryl methyl sites for hydroxylation is 1. The van der Waals surface area contributed by atoms with E-state index in [0.717, 1.165) is 11.3 Å². The highest BCUT2D eigenvalue weighted by Gasteiger charge is 2.08. The number of hydrogen-bond donors (Lipinski definition) is 2. The average Bonchev–Trinajstić information content (AvgIpc) is 2.66. The summed E-state index contributed by atoms with van der Waals surface area (Å²) in [5.41, 5.74) is 1.53. The Balaban J connectivity index is 1.63. The van der Waals surface area contributed by atoms with Gasteiger partial charge in [-0.25, -0.2) is 0 Å². The zero-order valence-electron chi connectivity index (χ0n) is 15.4. The monoisotopic (exact) mass is 390 g/mol. The largest absolute Gasteiger partial charge is 0.497 e. The summed E-state index contributed by atoms with van der Waals surface area (Å²) in [6.07, 6.45) is 0.817. The van der Waals surface area contributed by atoms with Crippen LogP contribution in [-0.2, 0) is 9.59 Å². The molecule has 0 aliphatic rings. The average molecular weight is 391 g/mol. The molecule has 2 amide bonds. The number of halogens is 1. The van der Waals surface area contributed by atoms with Crippen LogP contribution in [0.4, 0.5) is 5.69 Å². The topological polar surface area (TPSA) is 76.7 Å². The summed E-state index contributed by atoms with van der Waals surface area (Å²) in [6, 6.07) is 12.6. The minimum atomic E-state index is -0.330. The van der Waals surface area contributed by atoms with E-state index in [1.54, 1.807) is 43.5 Å². The van der Waals surface area contributed by atoms with Crippen LogP contribution in [0.3, 0.4) is 0 Å². The molecule has 27 heavy (non-hydrogen) atoms. The van der Waals surface area contributed by atoms with E-state index in [1.807, 2.05) is 13.0 Å². The summed E-state index contributed by atoms with van der Waals surface area (Å²) in [4.78, 5) is 23.7. The Bertz CT molecular complexity index is 778. The maximum atomic E-state index is 11.9. The van der Waals surface area contributed by atoms with Gasteiger partial charge in [-0.1, -0.05) is 17.7 Å². The first kappa shape index (κ1) is 20.6. The van der Waals surface area contributed by atoms with Gasteiger partial charge in [-0.05, 0) is 55.3 Å². The molecule has 0 aliphatic carbocycles. The molecule has 2 rings (SSSR count). The molecule has 0 saturated carbocycles. The summed E-state index contributed by atoms with van der Waals surface area (Å²) < 4.78 is 10.6. The minimum Gasteiger partial charge on any atom is -0.497 e. The molecule has 0 radical (unpaired) electrons. The third-order valence-corrected chi connectivity index (χ3v) is 4.03. The van der Waals surface area contributed by atoms with Crippen LogP contribution in [0.1, 0.15) is 18.4 Å². The Labute approximate surface area is 163 Å². The number of amides is 2. The predicted octanol–water partition coefficient (Wildman–Crippen LogP) is 3.57. The van der Waals surface area contributed by atoms with Crippen molar-refractivity contribution in [3.63, 3.8) is 0 Å². The van der Waals surface area contributed by atoms with Gasteiger partial charge in [-0.2, -0.15) is 0 Å². The highest BCUT2D eigenvalue weighted by atomic mass is 35.5. The van der Waals surface area contributed by atoms with Gasteiger partial charge in [0, 0.05) is 6.42 Å². The number of hydrogen-bond acceptors (Lipinski definition) is 4. The highest BCUT2D eigenvalue weighted by Crippen LogP contribution is 2.22. The molecule has 7 heteroatoms. The number of anilines is 1. The molecule has 6 nitrogen and oxygen atoms in total. The maximum Gasteiger partial charge on any atom is 0.243 e. The molecule has 144 valence electrons. The molecule has 0 heterocycles. The molecule has 0 aromatic heterocycles. The van der Waals surface area contributed by atoms with Crippen LogP contribution in [-0.4, -0.2) is 32.1 Å². The van der Waals surface area contributed by atoms with Crippen molar-refractivity contribution in [2.45, 2.75) is 19.8 Å². The molecule has 0 unspecified atom stereocenters. The van der Waals surface area contributed by atoms with Crippen molar-refractivity contribution in [1.29, 1.82) is 0 Å². The fourth-order valence-corrected chi connectivity index (χ4v) is 2.56. The normalized spacial score (nSPS) is 10.2. The van der Waals surface area contributed by atoms with E-state index >= 15 is 0 Å². The lowest BCUT2D eigenvalue weighted by Gasteiger charge is -2.09. The van der Waals surface area contributed by atoms with Crippen molar-refractivity contribution in [2.75, 3.05) is 25.6 Å². The van der Waals surface area contributed by atoms with Crippen molar-refractivity contribution in [3.05, 3.63) is 53.1 Å². The van der Waals surface area contributed by atoms with Gasteiger partial charge in [0.1, 0.15) is 11.5 Å². The second-order valence-corrected chi connectivity index (χ2v) is 6.34. The maximum absolute atomic E-state index is 11.9. The Morgan fingerprint density at radius 3 is 2.41 bits per heavy atom. The zero-order chi connectivity index (χ0) is 19.6. The minimum absolute atomic E-state index is 0.109. The second kappa shape index (κ2) is 10.4. The SMILES string of the molecule is COc1ccc(OCCCC(=O)NCC(=O)Nc2ccc(C)cc2Cl)cc1. The molecular formula is C20H23ClN2O4. The number of ether oxygens (including phenoxy) is 2. The fourth-order valence-electron chi connectivity index (χ4n) is 2.28. The van der Waals surface area contributed by atoms with E-state index in [-0.39, 0.29) is 24.8 Å². The van der Waals surface area contributed by atoms with Crippen LogP contribution < -0.4 is 20.1 Å². The van der Waals surface area contributed by atoms with Crippen LogP contribution in [0.5, 0.6) is 11.5 Å². The van der Waals surface area contributed by atoms with Gasteiger partial charge in [0.05, 0.1) is 31.0 Å². The van der Waals surface area contributed by atoms with Crippen molar-refractivity contribution in [2.24, 2.45) is 0 Å². The smallest absolute Gasteiger partial charge is 0.243 e. The summed E-state index contributed by atoms with van der Waals surface area (Å²) in [6.45, 7) is 2.21. The molecule has 0 fully saturated rings. The lowest BCUT2D eigenvalue weighted by molar-refractivity contribution is -0.124. The van der Waals surface area contributed by atoms with Gasteiger partial charge in [0.25, 0.3) is 0 Å². The number of benzene rings is 2. The summed E-state index contributed by atoms with van der Waals surface area (Å²) >= 11 is 6.07. The first-order chi connectivity index (χ1) is 13.0. The van der Waals surface area contributed by atoms with Crippen LogP contribution in [0, 0.1) is 6.92 Å². The number of methoxy groups -OCH3 is 1. The van der Waals surface area contributed by atoms with Gasteiger partial charge in [-0.3, -0.25) is 9.59 Å². The van der Waals surface area contributed by atoms with Crippen LogP contribution in [0.25, 0.3) is 0 Å². The first-order valence-corrected chi connectivity index (χ1v) is 8.95. The van der Waals surface area contributed by atoms with Crippen LogP contribution in [0.2, 0.25) is 5.02 Å². The van der Waals surface area contributed by atoms with Crippen molar-refractivity contribution in [3.8, 4) is 11.5 Å². The summed E-state index contributed by atoms with van der Waals surface area (Å²) in [5.74, 6) is 0.930. The first-order valence-electron chi connectivity index (χ1n) is 8.57. The Morgan fingerprint density at radius 1 is 1.04 bits per heavy atom. The van der Waals surface area contributed by atoms with E-state index in [9.17, 15) is 9.59 Å². The Morgan fingerprint density at radius 2 is 1.74 bits per heavy atom. The van der Waals surface area contributed by atoms with Gasteiger partial charge < -0.3 is 20.1 Å². The van der Waals surface area contributed by atoms with Crippen LogP contribution >= 0.6 is 11.6 Å². The second-order valence-electron chi connectivity index (χ2n) is 5.94. The molecular weight excluding hydrogens is 368 g/mol. The van der Waals surface area contributed by atoms with Gasteiger partial charge in [0.2, 0.25) is 11.8 Å². The third kappa shape index (κ3) is 7.19. The van der Waals surface area contributed by atoms with E-state index in [1.165, 1.54) is 0 Å². The van der Waals surface area contributed by atoms with E-state index in [0.29, 0.717) is 29.5 Å².